The predicted molar refractivity (Wildman–Crippen MR) is 109 cm³/mol. The highest BCUT2D eigenvalue weighted by molar-refractivity contribution is 6.02. The molecule has 2 aliphatic rings. The zero-order chi connectivity index (χ0) is 17.4. The average Bonchev–Trinajstić information content (AvgIpc) is 3.21. The van der Waals surface area contributed by atoms with Gasteiger partial charge in [0.15, 0.2) is 0 Å². The van der Waals surface area contributed by atoms with Crippen LogP contribution in [0.3, 0.4) is 0 Å². The van der Waals surface area contributed by atoms with Gasteiger partial charge in [-0.15, -0.1) is 0 Å². The van der Waals surface area contributed by atoms with Crippen molar-refractivity contribution in [3.8, 4) is 0 Å². The van der Waals surface area contributed by atoms with Crippen molar-refractivity contribution in [2.45, 2.75) is 33.6 Å². The van der Waals surface area contributed by atoms with Gasteiger partial charge in [0.2, 0.25) is 0 Å². The Balaban J connectivity index is 2.01. The van der Waals surface area contributed by atoms with Gasteiger partial charge in [0, 0.05) is 22.3 Å². The molecule has 1 aromatic carbocycles. The van der Waals surface area contributed by atoms with Gasteiger partial charge < -0.3 is 4.57 Å². The van der Waals surface area contributed by atoms with Gasteiger partial charge in [-0.05, 0) is 55.9 Å². The molecule has 1 aromatic heterocycles. The lowest BCUT2D eigenvalue weighted by Crippen LogP contribution is -2.06. The largest absolute Gasteiger partial charge is 0.313 e. The molecule has 2 aromatic rings. The normalized spacial score (nSPS) is 20.3. The summed E-state index contributed by atoms with van der Waals surface area (Å²) in [4.78, 5) is 0. The Morgan fingerprint density at radius 3 is 2.76 bits per heavy atom. The molecular weight excluding hydrogens is 302 g/mol. The number of fused-ring (bicyclic) bond motifs is 3. The van der Waals surface area contributed by atoms with E-state index >= 15 is 0 Å². The molecule has 1 heterocycles. The van der Waals surface area contributed by atoms with Gasteiger partial charge in [-0.25, -0.2) is 0 Å². The van der Waals surface area contributed by atoms with Crippen molar-refractivity contribution in [3.05, 3.63) is 83.6 Å². The number of hydrogen-bond acceptors (Lipinski definition) is 0. The van der Waals surface area contributed by atoms with Gasteiger partial charge in [0.25, 0.3) is 0 Å². The van der Waals surface area contributed by atoms with Crippen LogP contribution in [0.1, 0.15) is 38.4 Å². The third-order valence-electron chi connectivity index (χ3n) is 5.20. The second-order valence-electron chi connectivity index (χ2n) is 6.88. The van der Waals surface area contributed by atoms with E-state index in [0.717, 1.165) is 12.8 Å². The molecule has 0 radical (unpaired) electrons. The summed E-state index contributed by atoms with van der Waals surface area (Å²) in [5, 5.41) is 1.36. The number of hydrogen-bond donors (Lipinski definition) is 0. The van der Waals surface area contributed by atoms with E-state index in [1.807, 2.05) is 0 Å². The van der Waals surface area contributed by atoms with Crippen LogP contribution in [0, 0.1) is 5.92 Å². The van der Waals surface area contributed by atoms with Crippen molar-refractivity contribution in [3.63, 3.8) is 0 Å². The van der Waals surface area contributed by atoms with Gasteiger partial charge in [0.1, 0.15) is 0 Å². The van der Waals surface area contributed by atoms with Crippen molar-refractivity contribution in [1.29, 1.82) is 0 Å². The summed E-state index contributed by atoms with van der Waals surface area (Å²) < 4.78 is 2.46. The SMILES string of the molecule is C/C=C\C(=C/C)n1c2c(c3ccccc31)C(C1=CC(C)C=C1)=CCC2. The number of para-hydroxylation sites is 1. The van der Waals surface area contributed by atoms with Crippen LogP contribution in [0.5, 0.6) is 0 Å². The number of benzene rings is 1. The first-order valence-corrected chi connectivity index (χ1v) is 9.27. The smallest absolute Gasteiger partial charge is 0.0537 e. The molecular formula is C24H25N. The van der Waals surface area contributed by atoms with Crippen LogP contribution >= 0.6 is 0 Å². The Kier molecular flexibility index (Phi) is 4.09. The summed E-state index contributed by atoms with van der Waals surface area (Å²) in [6.45, 7) is 6.46. The van der Waals surface area contributed by atoms with E-state index in [-0.39, 0.29) is 0 Å². The lowest BCUT2D eigenvalue weighted by molar-refractivity contribution is 0.895. The Morgan fingerprint density at radius 2 is 2.04 bits per heavy atom. The first-order valence-electron chi connectivity index (χ1n) is 9.27. The zero-order valence-electron chi connectivity index (χ0n) is 15.3. The molecule has 0 saturated heterocycles. The van der Waals surface area contributed by atoms with E-state index in [4.69, 9.17) is 0 Å². The Morgan fingerprint density at radius 1 is 1.20 bits per heavy atom. The molecule has 1 unspecified atom stereocenters. The molecule has 126 valence electrons. The van der Waals surface area contributed by atoms with Gasteiger partial charge in [0.05, 0.1) is 5.52 Å². The maximum absolute atomic E-state index is 2.46. The first-order chi connectivity index (χ1) is 12.2. The number of rotatable bonds is 3. The van der Waals surface area contributed by atoms with Crippen LogP contribution in [-0.2, 0) is 6.42 Å². The van der Waals surface area contributed by atoms with Crippen LogP contribution in [0.4, 0.5) is 0 Å². The van der Waals surface area contributed by atoms with Gasteiger partial charge >= 0.3 is 0 Å². The molecule has 1 nitrogen and oxygen atoms in total. The summed E-state index contributed by atoms with van der Waals surface area (Å²) in [5.41, 5.74) is 8.22. The number of aromatic nitrogens is 1. The third-order valence-corrected chi connectivity index (χ3v) is 5.20. The molecule has 0 N–H and O–H groups in total. The summed E-state index contributed by atoms with van der Waals surface area (Å²) in [6, 6.07) is 8.83. The minimum atomic E-state index is 0.531. The molecule has 0 aliphatic heterocycles. The molecule has 0 amide bonds. The Hall–Kier alpha value is -2.54. The fourth-order valence-electron chi connectivity index (χ4n) is 4.14. The van der Waals surface area contributed by atoms with E-state index in [1.165, 1.54) is 39.0 Å². The van der Waals surface area contributed by atoms with Crippen molar-refractivity contribution >= 4 is 22.2 Å². The second kappa shape index (κ2) is 6.40. The minimum Gasteiger partial charge on any atom is -0.313 e. The lowest BCUT2D eigenvalue weighted by Gasteiger charge is -2.18. The Labute approximate surface area is 150 Å². The van der Waals surface area contributed by atoms with Crippen LogP contribution in [0.2, 0.25) is 0 Å². The number of nitrogens with zero attached hydrogens (tertiary/aromatic N) is 1. The highest BCUT2D eigenvalue weighted by Crippen LogP contribution is 2.42. The molecule has 0 fully saturated rings. The molecule has 2 aliphatic carbocycles. The summed E-state index contributed by atoms with van der Waals surface area (Å²) in [7, 11) is 0. The summed E-state index contributed by atoms with van der Waals surface area (Å²) in [5.74, 6) is 0.531. The van der Waals surface area contributed by atoms with Crippen molar-refractivity contribution in [1.82, 2.24) is 4.57 Å². The van der Waals surface area contributed by atoms with Crippen molar-refractivity contribution < 1.29 is 0 Å². The zero-order valence-corrected chi connectivity index (χ0v) is 15.3. The molecule has 4 rings (SSSR count). The maximum atomic E-state index is 2.46. The lowest BCUT2D eigenvalue weighted by atomic mass is 9.89. The monoisotopic (exact) mass is 327 g/mol. The molecule has 1 heteroatoms. The third kappa shape index (κ3) is 2.55. The van der Waals surface area contributed by atoms with Crippen molar-refractivity contribution in [2.24, 2.45) is 5.92 Å². The second-order valence-corrected chi connectivity index (χ2v) is 6.88. The highest BCUT2D eigenvalue weighted by Gasteiger charge is 2.25. The molecule has 1 atom stereocenters. The topological polar surface area (TPSA) is 4.93 Å². The quantitative estimate of drug-likeness (QED) is 0.564. The predicted octanol–water partition coefficient (Wildman–Crippen LogP) is 6.54. The van der Waals surface area contributed by atoms with Crippen LogP contribution in [0.25, 0.3) is 22.2 Å². The fraction of sp³-hybridized carbons (Fsp3) is 0.250. The van der Waals surface area contributed by atoms with Gasteiger partial charge in [-0.2, -0.15) is 0 Å². The molecule has 0 bridgehead atoms. The van der Waals surface area contributed by atoms with Gasteiger partial charge in [-0.1, -0.05) is 61.6 Å². The minimum absolute atomic E-state index is 0.531. The number of allylic oxidation sites excluding steroid dienone is 10. The summed E-state index contributed by atoms with van der Waals surface area (Å²) in [6.07, 6.45) is 18.1. The van der Waals surface area contributed by atoms with E-state index in [1.54, 1.807) is 0 Å². The summed E-state index contributed by atoms with van der Waals surface area (Å²) >= 11 is 0. The van der Waals surface area contributed by atoms with E-state index in [9.17, 15) is 0 Å². The van der Waals surface area contributed by atoms with Crippen molar-refractivity contribution in [2.75, 3.05) is 0 Å². The van der Waals surface area contributed by atoms with Crippen LogP contribution < -0.4 is 0 Å². The highest BCUT2D eigenvalue weighted by atomic mass is 15.0. The molecule has 25 heavy (non-hydrogen) atoms. The van der Waals surface area contributed by atoms with Crippen LogP contribution in [0.15, 0.2) is 72.4 Å². The van der Waals surface area contributed by atoms with E-state index in [0.29, 0.717) is 5.92 Å². The Bertz CT molecular complexity index is 973. The van der Waals surface area contributed by atoms with E-state index in [2.05, 4.69) is 92.1 Å². The van der Waals surface area contributed by atoms with E-state index < -0.39 is 0 Å². The molecule has 0 saturated carbocycles. The molecule has 0 spiro atoms. The van der Waals surface area contributed by atoms with Crippen LogP contribution in [-0.4, -0.2) is 4.57 Å². The first kappa shape index (κ1) is 16.0. The van der Waals surface area contributed by atoms with Gasteiger partial charge in [-0.3, -0.25) is 0 Å². The average molecular weight is 327 g/mol. The standard InChI is InChI=1S/C24H25N/c1-4-9-19(5-2)25-22-12-7-6-10-21(22)24-20(11-8-13-23(24)25)18-15-14-17(3)16-18/h4-7,9-12,14-17H,8,13H2,1-3H3/b9-4-,19-5+. The maximum Gasteiger partial charge on any atom is 0.0537 e. The fourth-order valence-corrected chi connectivity index (χ4v) is 4.14.